The molecule has 1 unspecified atom stereocenters. The number of ether oxygens (including phenoxy) is 1. The van der Waals surface area contributed by atoms with Gasteiger partial charge in [-0.2, -0.15) is 0 Å². The second kappa shape index (κ2) is 8.13. The normalized spacial score (nSPS) is 27.6. The summed E-state index contributed by atoms with van der Waals surface area (Å²) in [5, 5.41) is 7.45. The van der Waals surface area contributed by atoms with Crippen molar-refractivity contribution < 1.29 is 14.4 Å². The minimum absolute atomic E-state index is 0.0146. The summed E-state index contributed by atoms with van der Waals surface area (Å²) in [5.74, 6) is 0.633. The van der Waals surface area contributed by atoms with Crippen molar-refractivity contribution in [1.29, 1.82) is 0 Å². The average Bonchev–Trinajstić information content (AvgIpc) is 3.12. The van der Waals surface area contributed by atoms with E-state index in [1.807, 2.05) is 30.3 Å². The number of carbonyl (C=O) groups is 1. The largest absolute Gasteiger partial charge is 0.481 e. The Labute approximate surface area is 178 Å². The van der Waals surface area contributed by atoms with Crippen LogP contribution in [0, 0.1) is 5.41 Å². The number of nitrogens with zero attached hydrogens (tertiary/aromatic N) is 1. The third kappa shape index (κ3) is 3.47. The summed E-state index contributed by atoms with van der Waals surface area (Å²) in [6.07, 6.45) is 3.43. The lowest BCUT2D eigenvalue weighted by molar-refractivity contribution is -0.0192. The van der Waals surface area contributed by atoms with E-state index in [2.05, 4.69) is 48.6 Å². The molecule has 1 amide bonds. The van der Waals surface area contributed by atoms with Gasteiger partial charge in [0.15, 0.2) is 0 Å². The number of amides is 1. The van der Waals surface area contributed by atoms with Gasteiger partial charge in [0.1, 0.15) is 6.10 Å². The van der Waals surface area contributed by atoms with Gasteiger partial charge in [0.05, 0.1) is 12.5 Å². The van der Waals surface area contributed by atoms with Crippen LogP contribution in [0.5, 0.6) is 0 Å². The average molecular weight is 407 g/mol. The van der Waals surface area contributed by atoms with Gasteiger partial charge in [0.2, 0.25) is 5.90 Å². The van der Waals surface area contributed by atoms with Crippen LogP contribution in [0.2, 0.25) is 0 Å². The zero-order chi connectivity index (χ0) is 21.2. The molecule has 1 N–H and O–H groups in total. The number of methoxy groups -OCH3 is 1. The zero-order valence-electron chi connectivity index (χ0n) is 18.0. The van der Waals surface area contributed by atoms with Crippen molar-refractivity contribution in [3.63, 3.8) is 0 Å². The maximum Gasteiger partial charge on any atom is 0.251 e. The second-order valence-electron chi connectivity index (χ2n) is 8.67. The zero-order valence-corrected chi connectivity index (χ0v) is 18.0. The molecule has 30 heavy (non-hydrogen) atoms. The molecule has 0 aromatic heterocycles. The van der Waals surface area contributed by atoms with Crippen molar-refractivity contribution in [2.24, 2.45) is 10.6 Å². The van der Waals surface area contributed by atoms with E-state index in [1.54, 1.807) is 7.11 Å². The molecule has 5 heteroatoms. The minimum atomic E-state index is -0.311. The summed E-state index contributed by atoms with van der Waals surface area (Å²) in [7, 11) is 1.65. The lowest BCUT2D eigenvalue weighted by Gasteiger charge is -2.46. The molecule has 2 aromatic rings. The first-order valence-corrected chi connectivity index (χ1v) is 10.7. The van der Waals surface area contributed by atoms with Gasteiger partial charge in [-0.1, -0.05) is 60.6 Å². The number of carbonyl (C=O) groups excluding carboxylic acids is 1. The number of rotatable bonds is 5. The third-order valence-electron chi connectivity index (χ3n) is 6.86. The lowest BCUT2D eigenvalue weighted by Crippen LogP contribution is -2.52. The maximum absolute atomic E-state index is 13.1. The second-order valence-corrected chi connectivity index (χ2v) is 8.67. The Morgan fingerprint density at radius 2 is 1.93 bits per heavy atom. The van der Waals surface area contributed by atoms with Crippen molar-refractivity contribution in [3.8, 4) is 0 Å². The number of benzene rings is 2. The van der Waals surface area contributed by atoms with Gasteiger partial charge in [-0.15, -0.1) is 0 Å². The predicted octanol–water partition coefficient (Wildman–Crippen LogP) is 4.47. The van der Waals surface area contributed by atoms with E-state index in [-0.39, 0.29) is 22.8 Å². The van der Waals surface area contributed by atoms with E-state index in [1.165, 1.54) is 5.56 Å². The predicted molar refractivity (Wildman–Crippen MR) is 118 cm³/mol. The van der Waals surface area contributed by atoms with Crippen molar-refractivity contribution >= 4 is 11.8 Å². The van der Waals surface area contributed by atoms with Gasteiger partial charge in [-0.05, 0) is 49.8 Å². The molecule has 2 aromatic carbocycles. The molecule has 0 bridgehead atoms. The fourth-order valence-electron chi connectivity index (χ4n) is 5.19. The molecule has 1 aliphatic heterocycles. The smallest absolute Gasteiger partial charge is 0.251 e. The van der Waals surface area contributed by atoms with E-state index >= 15 is 0 Å². The maximum atomic E-state index is 13.1. The first-order chi connectivity index (χ1) is 14.5. The van der Waals surface area contributed by atoms with Crippen molar-refractivity contribution in [3.05, 3.63) is 71.3 Å². The Balaban J connectivity index is 1.63. The molecular formula is C25H30N2O3. The first kappa shape index (κ1) is 20.5. The van der Waals surface area contributed by atoms with E-state index in [4.69, 9.17) is 9.57 Å². The fourth-order valence-corrected chi connectivity index (χ4v) is 5.19. The summed E-state index contributed by atoms with van der Waals surface area (Å²) in [5.41, 5.74) is 2.53. The Morgan fingerprint density at radius 1 is 1.20 bits per heavy atom. The van der Waals surface area contributed by atoms with Gasteiger partial charge >= 0.3 is 0 Å². The highest BCUT2D eigenvalue weighted by atomic mass is 16.7. The molecule has 4 rings (SSSR count). The quantitative estimate of drug-likeness (QED) is 0.797. The Bertz CT molecular complexity index is 942. The van der Waals surface area contributed by atoms with Gasteiger partial charge < -0.3 is 14.9 Å². The summed E-state index contributed by atoms with van der Waals surface area (Å²) in [6.45, 7) is 4.80. The van der Waals surface area contributed by atoms with Crippen LogP contribution in [0.15, 0.2) is 59.8 Å². The fraction of sp³-hybridized carbons (Fsp3) is 0.440. The minimum Gasteiger partial charge on any atom is -0.481 e. The number of hydrogen-bond acceptors (Lipinski definition) is 4. The molecule has 0 spiro atoms. The van der Waals surface area contributed by atoms with Gasteiger partial charge in [-0.3, -0.25) is 4.79 Å². The molecule has 0 saturated heterocycles. The highest BCUT2D eigenvalue weighted by Gasteiger charge is 2.56. The van der Waals surface area contributed by atoms with Crippen molar-refractivity contribution in [1.82, 2.24) is 5.32 Å². The topological polar surface area (TPSA) is 59.9 Å². The number of oxime groups is 1. The van der Waals surface area contributed by atoms with Crippen molar-refractivity contribution in [2.45, 2.75) is 51.0 Å². The highest BCUT2D eigenvalue weighted by Crippen LogP contribution is 2.52. The van der Waals surface area contributed by atoms with E-state index in [9.17, 15) is 4.79 Å². The summed E-state index contributed by atoms with van der Waals surface area (Å²) in [6, 6.07) is 18.3. The first-order valence-electron chi connectivity index (χ1n) is 10.7. The number of aryl methyl sites for hydroxylation is 1. The molecule has 5 nitrogen and oxygen atoms in total. The standard InChI is InChI=1S/C25H30N2O3/c1-4-18-10-8-9-13-20(18)22(28)26-17-25(19-11-6-5-7-12-19)15-14-21-24(2,16-25)23(29-3)27-30-21/h5-13,21H,4,14-17H2,1-3H3,(H,26,28)/t21?,24-,25+/m0/s1. The monoisotopic (exact) mass is 406 g/mol. The van der Waals surface area contributed by atoms with Gasteiger partial charge in [0, 0.05) is 17.5 Å². The molecule has 158 valence electrons. The Hall–Kier alpha value is -2.82. The highest BCUT2D eigenvalue weighted by molar-refractivity contribution is 5.95. The summed E-state index contributed by atoms with van der Waals surface area (Å²) < 4.78 is 5.58. The van der Waals surface area contributed by atoms with Crippen LogP contribution in [-0.2, 0) is 21.4 Å². The molecule has 0 radical (unpaired) electrons. The number of nitrogens with one attached hydrogen (secondary N) is 1. The van der Waals surface area contributed by atoms with Crippen LogP contribution >= 0.6 is 0 Å². The Kier molecular flexibility index (Phi) is 5.54. The SMILES string of the molecule is CCc1ccccc1C(=O)NC[C@@]1(c2ccccc2)CCC2ON=C(OC)[C@@]2(C)C1. The van der Waals surface area contributed by atoms with E-state index in [0.717, 1.165) is 36.8 Å². The third-order valence-corrected chi connectivity index (χ3v) is 6.86. The Morgan fingerprint density at radius 3 is 2.67 bits per heavy atom. The number of hydrogen-bond donors (Lipinski definition) is 1. The summed E-state index contributed by atoms with van der Waals surface area (Å²) >= 11 is 0. The van der Waals surface area contributed by atoms with Crippen LogP contribution in [-0.4, -0.2) is 31.6 Å². The van der Waals surface area contributed by atoms with E-state index < -0.39 is 0 Å². The molecular weight excluding hydrogens is 376 g/mol. The van der Waals surface area contributed by atoms with Gasteiger partial charge in [-0.25, -0.2) is 0 Å². The van der Waals surface area contributed by atoms with E-state index in [0.29, 0.717) is 12.4 Å². The van der Waals surface area contributed by atoms with Crippen LogP contribution < -0.4 is 5.32 Å². The molecule has 3 atom stereocenters. The molecule has 1 saturated carbocycles. The molecule has 2 aliphatic rings. The van der Waals surface area contributed by atoms with Crippen LogP contribution in [0.25, 0.3) is 0 Å². The molecule has 1 heterocycles. The van der Waals surface area contributed by atoms with Gasteiger partial charge in [0.25, 0.3) is 5.91 Å². The van der Waals surface area contributed by atoms with Crippen LogP contribution in [0.3, 0.4) is 0 Å². The van der Waals surface area contributed by atoms with Crippen molar-refractivity contribution in [2.75, 3.05) is 13.7 Å². The lowest BCUT2D eigenvalue weighted by atomic mass is 9.59. The number of fused-ring (bicyclic) bond motifs is 1. The summed E-state index contributed by atoms with van der Waals surface area (Å²) in [4.78, 5) is 18.8. The molecule has 1 fully saturated rings. The van der Waals surface area contributed by atoms with Crippen LogP contribution in [0.1, 0.15) is 54.6 Å². The molecule has 1 aliphatic carbocycles. The van der Waals surface area contributed by atoms with Crippen LogP contribution in [0.4, 0.5) is 0 Å².